The molecule has 1 rings (SSSR count). The molecule has 0 aromatic heterocycles. The number of aliphatic hydroxyl groups excluding tert-OH is 1. The fourth-order valence-electron chi connectivity index (χ4n) is 3.05. The molecule has 88 valence electrons. The van der Waals surface area contributed by atoms with Crippen LogP contribution in [0.5, 0.6) is 0 Å². The Hall–Kier alpha value is -0.300. The first kappa shape index (κ1) is 12.8. The molecule has 0 aromatic carbocycles. The molecule has 0 saturated heterocycles. The maximum absolute atomic E-state index is 9.31. The molecule has 15 heavy (non-hydrogen) atoms. The van der Waals surface area contributed by atoms with Crippen molar-refractivity contribution in [2.75, 3.05) is 0 Å². The van der Waals surface area contributed by atoms with Crippen LogP contribution in [0.4, 0.5) is 0 Å². The molecule has 1 heteroatoms. The summed E-state index contributed by atoms with van der Waals surface area (Å²) in [5.41, 5.74) is 1.89. The molecule has 0 saturated carbocycles. The van der Waals surface area contributed by atoms with E-state index in [0.29, 0.717) is 11.3 Å². The van der Waals surface area contributed by atoms with Gasteiger partial charge in [-0.3, -0.25) is 0 Å². The Balaban J connectivity index is 2.51. The lowest BCUT2D eigenvalue weighted by Gasteiger charge is -2.32. The Bertz CT molecular complexity index is 238. The highest BCUT2D eigenvalue weighted by atomic mass is 16.3. The molecule has 0 amide bonds. The Morgan fingerprint density at radius 1 is 1.40 bits per heavy atom. The van der Waals surface area contributed by atoms with Gasteiger partial charge in [0.1, 0.15) is 0 Å². The van der Waals surface area contributed by atoms with Gasteiger partial charge in [0.2, 0.25) is 0 Å². The normalized spacial score (nSPS) is 28.7. The van der Waals surface area contributed by atoms with Crippen LogP contribution in [0.2, 0.25) is 0 Å². The van der Waals surface area contributed by atoms with Crippen molar-refractivity contribution in [1.29, 1.82) is 0 Å². The van der Waals surface area contributed by atoms with Crippen molar-refractivity contribution < 1.29 is 5.11 Å². The molecule has 0 spiro atoms. The summed E-state index contributed by atoms with van der Waals surface area (Å²) in [5, 5.41) is 9.31. The third kappa shape index (κ3) is 3.34. The summed E-state index contributed by atoms with van der Waals surface area (Å²) in [5.74, 6) is 1.47. The molecule has 0 heterocycles. The standard InChI is InChI=1S/C14H26O/c1-10-8-13(14(4,5)9-10)11(2)6-7-12(3)15/h9,11-13,15H,6-8H2,1-5H3. The van der Waals surface area contributed by atoms with E-state index in [0.717, 1.165) is 18.8 Å². The molecular formula is C14H26O. The maximum Gasteiger partial charge on any atom is 0.0512 e. The van der Waals surface area contributed by atoms with Crippen molar-refractivity contribution in [3.63, 3.8) is 0 Å². The van der Waals surface area contributed by atoms with Gasteiger partial charge in [0.15, 0.2) is 0 Å². The molecule has 0 aliphatic heterocycles. The average Bonchev–Trinajstić information content (AvgIpc) is 2.35. The van der Waals surface area contributed by atoms with Gasteiger partial charge in [-0.1, -0.05) is 32.4 Å². The minimum atomic E-state index is -0.147. The third-order valence-corrected chi connectivity index (χ3v) is 3.84. The second-order valence-electron chi connectivity index (χ2n) is 6.03. The highest BCUT2D eigenvalue weighted by molar-refractivity contribution is 5.16. The van der Waals surface area contributed by atoms with Gasteiger partial charge in [-0.2, -0.15) is 0 Å². The van der Waals surface area contributed by atoms with Crippen LogP contribution in [0.3, 0.4) is 0 Å². The molecule has 0 bridgehead atoms. The quantitative estimate of drug-likeness (QED) is 0.700. The predicted molar refractivity (Wildman–Crippen MR) is 65.7 cm³/mol. The van der Waals surface area contributed by atoms with Crippen molar-refractivity contribution in [2.45, 2.75) is 60.0 Å². The molecule has 0 fully saturated rings. The zero-order valence-corrected chi connectivity index (χ0v) is 10.9. The summed E-state index contributed by atoms with van der Waals surface area (Å²) in [6, 6.07) is 0. The average molecular weight is 210 g/mol. The Kier molecular flexibility index (Phi) is 3.99. The van der Waals surface area contributed by atoms with Gasteiger partial charge in [-0.05, 0) is 50.4 Å². The van der Waals surface area contributed by atoms with Crippen LogP contribution in [0.25, 0.3) is 0 Å². The van der Waals surface area contributed by atoms with Crippen molar-refractivity contribution in [2.24, 2.45) is 17.3 Å². The highest BCUT2D eigenvalue weighted by Gasteiger charge is 2.36. The van der Waals surface area contributed by atoms with Gasteiger partial charge in [-0.15, -0.1) is 0 Å². The molecule has 0 aromatic rings. The molecule has 0 radical (unpaired) electrons. The van der Waals surface area contributed by atoms with Crippen molar-refractivity contribution in [3.8, 4) is 0 Å². The van der Waals surface area contributed by atoms with Crippen LogP contribution in [0.1, 0.15) is 53.9 Å². The van der Waals surface area contributed by atoms with E-state index in [-0.39, 0.29) is 6.10 Å². The second kappa shape index (κ2) is 4.69. The van der Waals surface area contributed by atoms with Gasteiger partial charge in [0.05, 0.1) is 6.10 Å². The fourth-order valence-corrected chi connectivity index (χ4v) is 3.05. The van der Waals surface area contributed by atoms with E-state index in [1.807, 2.05) is 6.92 Å². The summed E-state index contributed by atoms with van der Waals surface area (Å²) in [4.78, 5) is 0. The smallest absolute Gasteiger partial charge is 0.0512 e. The summed E-state index contributed by atoms with van der Waals surface area (Å²) in [6.45, 7) is 11.1. The Morgan fingerprint density at radius 3 is 2.40 bits per heavy atom. The van der Waals surface area contributed by atoms with Gasteiger partial charge < -0.3 is 5.11 Å². The largest absolute Gasteiger partial charge is 0.393 e. The zero-order chi connectivity index (χ0) is 11.6. The van der Waals surface area contributed by atoms with Gasteiger partial charge in [0.25, 0.3) is 0 Å². The third-order valence-electron chi connectivity index (χ3n) is 3.84. The van der Waals surface area contributed by atoms with Crippen molar-refractivity contribution >= 4 is 0 Å². The van der Waals surface area contributed by atoms with Crippen LogP contribution in [0.15, 0.2) is 11.6 Å². The Labute approximate surface area is 94.6 Å². The number of aliphatic hydroxyl groups is 1. The number of rotatable bonds is 4. The lowest BCUT2D eigenvalue weighted by atomic mass is 9.73. The predicted octanol–water partition coefficient (Wildman–Crippen LogP) is 3.78. The molecule has 1 N–H and O–H groups in total. The monoisotopic (exact) mass is 210 g/mol. The van der Waals surface area contributed by atoms with Gasteiger partial charge in [-0.25, -0.2) is 0 Å². The first-order valence-electron chi connectivity index (χ1n) is 6.19. The lowest BCUT2D eigenvalue weighted by molar-refractivity contribution is 0.149. The fraction of sp³-hybridized carbons (Fsp3) is 0.857. The van der Waals surface area contributed by atoms with Gasteiger partial charge in [0, 0.05) is 0 Å². The van der Waals surface area contributed by atoms with E-state index in [1.165, 1.54) is 12.0 Å². The number of allylic oxidation sites excluding steroid dienone is 2. The molecular weight excluding hydrogens is 184 g/mol. The highest BCUT2D eigenvalue weighted by Crippen LogP contribution is 2.45. The van der Waals surface area contributed by atoms with E-state index in [1.54, 1.807) is 0 Å². The van der Waals surface area contributed by atoms with E-state index in [4.69, 9.17) is 0 Å². The topological polar surface area (TPSA) is 20.2 Å². The molecule has 3 atom stereocenters. The van der Waals surface area contributed by atoms with E-state index < -0.39 is 0 Å². The minimum absolute atomic E-state index is 0.147. The van der Waals surface area contributed by atoms with E-state index in [9.17, 15) is 5.11 Å². The first-order chi connectivity index (χ1) is 6.83. The SMILES string of the molecule is CC1=CC(C)(C)C(C(C)CCC(C)O)C1. The first-order valence-corrected chi connectivity index (χ1v) is 6.19. The van der Waals surface area contributed by atoms with Crippen molar-refractivity contribution in [1.82, 2.24) is 0 Å². The van der Waals surface area contributed by atoms with Crippen molar-refractivity contribution in [3.05, 3.63) is 11.6 Å². The number of hydrogen-bond donors (Lipinski definition) is 1. The zero-order valence-electron chi connectivity index (χ0n) is 10.9. The summed E-state index contributed by atoms with van der Waals surface area (Å²) in [6.07, 6.45) is 5.61. The van der Waals surface area contributed by atoms with Crippen LogP contribution >= 0.6 is 0 Å². The van der Waals surface area contributed by atoms with Crippen LogP contribution in [0, 0.1) is 17.3 Å². The second-order valence-corrected chi connectivity index (χ2v) is 6.03. The van der Waals surface area contributed by atoms with E-state index >= 15 is 0 Å². The molecule has 3 unspecified atom stereocenters. The van der Waals surface area contributed by atoms with Crippen LogP contribution in [-0.2, 0) is 0 Å². The summed E-state index contributed by atoms with van der Waals surface area (Å²) < 4.78 is 0. The molecule has 1 aliphatic rings. The van der Waals surface area contributed by atoms with E-state index in [2.05, 4.69) is 33.8 Å². The Morgan fingerprint density at radius 2 is 2.00 bits per heavy atom. The summed E-state index contributed by atoms with van der Waals surface area (Å²) in [7, 11) is 0. The maximum atomic E-state index is 9.31. The summed E-state index contributed by atoms with van der Waals surface area (Å²) >= 11 is 0. The molecule has 1 aliphatic carbocycles. The lowest BCUT2D eigenvalue weighted by Crippen LogP contribution is -2.24. The minimum Gasteiger partial charge on any atom is -0.393 e. The molecule has 1 nitrogen and oxygen atoms in total. The van der Waals surface area contributed by atoms with Crippen LogP contribution in [-0.4, -0.2) is 11.2 Å². The number of hydrogen-bond acceptors (Lipinski definition) is 1. The van der Waals surface area contributed by atoms with Crippen LogP contribution < -0.4 is 0 Å². The van der Waals surface area contributed by atoms with Gasteiger partial charge >= 0.3 is 0 Å².